The van der Waals surface area contributed by atoms with Crippen molar-refractivity contribution in [3.05, 3.63) is 34.9 Å². The summed E-state index contributed by atoms with van der Waals surface area (Å²) >= 11 is 6.92. The van der Waals surface area contributed by atoms with Crippen molar-refractivity contribution in [3.8, 4) is 0 Å². The lowest BCUT2D eigenvalue weighted by Crippen LogP contribution is -2.37. The van der Waals surface area contributed by atoms with E-state index in [0.29, 0.717) is 10.7 Å². The molecule has 22 heavy (non-hydrogen) atoms. The molecule has 0 saturated heterocycles. The summed E-state index contributed by atoms with van der Waals surface area (Å²) in [6.07, 6.45) is 0. The topological polar surface area (TPSA) is 65.0 Å². The number of carbonyl (C=O) groups excluding carboxylic acids is 2. The zero-order chi connectivity index (χ0) is 16.1. The molecule has 1 aromatic carbocycles. The van der Waals surface area contributed by atoms with Gasteiger partial charge in [-0.05, 0) is 43.5 Å². The monoisotopic (exact) mass is 341 g/mol. The van der Waals surface area contributed by atoms with Gasteiger partial charge in [0.1, 0.15) is 11.2 Å². The normalized spacial score (nSPS) is 20.4. The summed E-state index contributed by atoms with van der Waals surface area (Å²) in [5, 5.41) is -0.130. The van der Waals surface area contributed by atoms with Crippen molar-refractivity contribution in [2.45, 2.75) is 19.1 Å². The number of esters is 2. The molecule has 0 bridgehead atoms. The molecule has 2 unspecified atom stereocenters. The molecule has 7 heteroatoms. The summed E-state index contributed by atoms with van der Waals surface area (Å²) in [7, 11) is 0. The SMILES string of the molecule is CCOC(=O)C1SN=C(c2ccc(Cl)cc2)C1C(=O)OCC. The molecule has 2 rings (SSSR count). The van der Waals surface area contributed by atoms with Crippen molar-refractivity contribution >= 4 is 41.2 Å². The summed E-state index contributed by atoms with van der Waals surface area (Å²) < 4.78 is 14.4. The van der Waals surface area contributed by atoms with Crippen LogP contribution in [0.2, 0.25) is 5.02 Å². The van der Waals surface area contributed by atoms with E-state index >= 15 is 0 Å². The molecule has 0 N–H and O–H groups in total. The minimum absolute atomic E-state index is 0.240. The average molecular weight is 342 g/mol. The highest BCUT2D eigenvalue weighted by Crippen LogP contribution is 2.35. The number of hydrogen-bond donors (Lipinski definition) is 0. The number of halogens is 1. The molecule has 5 nitrogen and oxygen atoms in total. The molecule has 0 fully saturated rings. The second-order valence-corrected chi connectivity index (χ2v) is 5.83. The van der Waals surface area contributed by atoms with E-state index in [1.807, 2.05) is 0 Å². The van der Waals surface area contributed by atoms with Crippen LogP contribution in [0.25, 0.3) is 0 Å². The Hall–Kier alpha value is -1.53. The van der Waals surface area contributed by atoms with E-state index in [-0.39, 0.29) is 13.2 Å². The average Bonchev–Trinajstić information content (AvgIpc) is 2.93. The third-order valence-electron chi connectivity index (χ3n) is 3.06. The Bertz CT molecular complexity index is 588. The first-order valence-corrected chi connectivity index (χ1v) is 8.12. The van der Waals surface area contributed by atoms with Crippen LogP contribution in [-0.2, 0) is 19.1 Å². The molecule has 2 atom stereocenters. The minimum atomic E-state index is -0.773. The minimum Gasteiger partial charge on any atom is -0.465 e. The first-order valence-electron chi connectivity index (χ1n) is 6.91. The Morgan fingerprint density at radius 2 is 1.73 bits per heavy atom. The van der Waals surface area contributed by atoms with Crippen LogP contribution < -0.4 is 0 Å². The number of rotatable bonds is 5. The van der Waals surface area contributed by atoms with E-state index in [2.05, 4.69) is 4.40 Å². The standard InChI is InChI=1S/C15H16ClNO4S/c1-3-20-14(18)11-12(9-5-7-10(16)8-6-9)17-22-13(11)15(19)21-4-2/h5-8,11,13H,3-4H2,1-2H3. The fourth-order valence-corrected chi connectivity index (χ4v) is 3.19. The highest BCUT2D eigenvalue weighted by molar-refractivity contribution is 8.00. The van der Waals surface area contributed by atoms with Crippen LogP contribution in [0.1, 0.15) is 19.4 Å². The van der Waals surface area contributed by atoms with E-state index in [9.17, 15) is 9.59 Å². The highest BCUT2D eigenvalue weighted by atomic mass is 35.5. The lowest BCUT2D eigenvalue weighted by molar-refractivity contribution is -0.151. The Morgan fingerprint density at radius 1 is 1.14 bits per heavy atom. The van der Waals surface area contributed by atoms with Gasteiger partial charge in [-0.2, -0.15) is 0 Å². The molecule has 0 spiro atoms. The van der Waals surface area contributed by atoms with Gasteiger partial charge in [-0.1, -0.05) is 23.7 Å². The van der Waals surface area contributed by atoms with Gasteiger partial charge in [0.05, 0.1) is 18.9 Å². The van der Waals surface area contributed by atoms with Crippen molar-refractivity contribution in [1.82, 2.24) is 0 Å². The van der Waals surface area contributed by atoms with E-state index in [1.54, 1.807) is 38.1 Å². The lowest BCUT2D eigenvalue weighted by Gasteiger charge is -2.17. The van der Waals surface area contributed by atoms with Gasteiger partial charge >= 0.3 is 11.9 Å². The van der Waals surface area contributed by atoms with E-state index in [1.165, 1.54) is 0 Å². The van der Waals surface area contributed by atoms with Crippen LogP contribution in [0.4, 0.5) is 0 Å². The molecule has 118 valence electrons. The van der Waals surface area contributed by atoms with Gasteiger partial charge in [0.15, 0.2) is 0 Å². The van der Waals surface area contributed by atoms with Gasteiger partial charge < -0.3 is 9.47 Å². The summed E-state index contributed by atoms with van der Waals surface area (Å²) in [4.78, 5) is 24.3. The third-order valence-corrected chi connectivity index (χ3v) is 4.31. The summed E-state index contributed by atoms with van der Waals surface area (Å²) in [6.45, 7) is 3.93. The van der Waals surface area contributed by atoms with Crippen molar-refractivity contribution in [2.75, 3.05) is 13.2 Å². The van der Waals surface area contributed by atoms with E-state index in [0.717, 1.165) is 17.5 Å². The van der Waals surface area contributed by atoms with Crippen LogP contribution in [-0.4, -0.2) is 36.1 Å². The first kappa shape index (κ1) is 16.8. The summed E-state index contributed by atoms with van der Waals surface area (Å²) in [5.41, 5.74) is 1.25. The summed E-state index contributed by atoms with van der Waals surface area (Å²) in [6, 6.07) is 6.96. The van der Waals surface area contributed by atoms with E-state index in [4.69, 9.17) is 21.1 Å². The summed E-state index contributed by atoms with van der Waals surface area (Å²) in [5.74, 6) is -1.71. The van der Waals surface area contributed by atoms with Crippen LogP contribution in [0.5, 0.6) is 0 Å². The molecule has 0 aromatic heterocycles. The van der Waals surface area contributed by atoms with Crippen molar-refractivity contribution < 1.29 is 19.1 Å². The predicted molar refractivity (Wildman–Crippen MR) is 86.1 cm³/mol. The zero-order valence-corrected chi connectivity index (χ0v) is 13.8. The fraction of sp³-hybridized carbons (Fsp3) is 0.400. The smallest absolute Gasteiger partial charge is 0.322 e. The Morgan fingerprint density at radius 3 is 2.32 bits per heavy atom. The maximum Gasteiger partial charge on any atom is 0.322 e. The Kier molecular flexibility index (Phi) is 5.85. The molecular weight excluding hydrogens is 326 g/mol. The van der Waals surface area contributed by atoms with Crippen LogP contribution in [0.15, 0.2) is 28.7 Å². The van der Waals surface area contributed by atoms with E-state index < -0.39 is 23.1 Å². The largest absolute Gasteiger partial charge is 0.465 e. The van der Waals surface area contributed by atoms with Crippen LogP contribution in [0, 0.1) is 5.92 Å². The van der Waals surface area contributed by atoms with Gasteiger partial charge in [-0.15, -0.1) is 0 Å². The molecule has 1 aliphatic rings. The van der Waals surface area contributed by atoms with Crippen molar-refractivity contribution in [1.29, 1.82) is 0 Å². The highest BCUT2D eigenvalue weighted by Gasteiger charge is 2.45. The zero-order valence-electron chi connectivity index (χ0n) is 12.2. The Labute approximate surface area is 138 Å². The second-order valence-electron chi connectivity index (χ2n) is 4.49. The molecule has 1 aliphatic heterocycles. The Balaban J connectivity index is 2.30. The maximum absolute atomic E-state index is 12.3. The number of nitrogens with zero attached hydrogens (tertiary/aromatic N) is 1. The van der Waals surface area contributed by atoms with Gasteiger partial charge in [0.2, 0.25) is 0 Å². The molecule has 1 aromatic rings. The molecular formula is C15H16ClNO4S. The number of benzene rings is 1. The van der Waals surface area contributed by atoms with Crippen LogP contribution >= 0.6 is 23.5 Å². The molecule has 0 radical (unpaired) electrons. The first-order chi connectivity index (χ1) is 10.6. The number of ether oxygens (including phenoxy) is 2. The number of carbonyl (C=O) groups is 2. The van der Waals surface area contributed by atoms with Crippen LogP contribution in [0.3, 0.4) is 0 Å². The van der Waals surface area contributed by atoms with Crippen molar-refractivity contribution in [3.63, 3.8) is 0 Å². The fourth-order valence-electron chi connectivity index (χ4n) is 2.10. The van der Waals surface area contributed by atoms with Gasteiger partial charge in [0, 0.05) is 5.02 Å². The lowest BCUT2D eigenvalue weighted by atomic mass is 9.93. The molecule has 0 amide bonds. The predicted octanol–water partition coefficient (Wildman–Crippen LogP) is 2.90. The molecule has 0 aliphatic carbocycles. The molecule has 0 saturated carbocycles. The van der Waals surface area contributed by atoms with Gasteiger partial charge in [-0.25, -0.2) is 4.40 Å². The maximum atomic E-state index is 12.3. The van der Waals surface area contributed by atoms with Gasteiger partial charge in [0.25, 0.3) is 0 Å². The number of hydrogen-bond acceptors (Lipinski definition) is 6. The second kappa shape index (κ2) is 7.65. The van der Waals surface area contributed by atoms with Gasteiger partial charge in [-0.3, -0.25) is 9.59 Å². The van der Waals surface area contributed by atoms with Crippen molar-refractivity contribution in [2.24, 2.45) is 10.3 Å². The molecule has 1 heterocycles. The quantitative estimate of drug-likeness (QED) is 0.608. The third kappa shape index (κ3) is 3.62.